The van der Waals surface area contributed by atoms with Crippen LogP contribution in [0.5, 0.6) is 0 Å². The molecule has 1 saturated heterocycles. The highest BCUT2D eigenvalue weighted by molar-refractivity contribution is 5.84. The molecule has 0 saturated carbocycles. The third-order valence-electron chi connectivity index (χ3n) is 4.94. The Balaban J connectivity index is 1.48. The number of benzene rings is 1. The number of rotatable bonds is 5. The SMILES string of the molecule is O=C(CCC(=O)N1CCC[C@H]1CO)NC1CCc2ccccc21. The van der Waals surface area contributed by atoms with Crippen molar-refractivity contribution in [2.75, 3.05) is 13.2 Å². The second-order valence-electron chi connectivity index (χ2n) is 6.42. The van der Waals surface area contributed by atoms with E-state index in [2.05, 4.69) is 17.4 Å². The second kappa shape index (κ2) is 7.13. The summed E-state index contributed by atoms with van der Waals surface area (Å²) in [4.78, 5) is 26.1. The lowest BCUT2D eigenvalue weighted by Gasteiger charge is -2.23. The van der Waals surface area contributed by atoms with Crippen molar-refractivity contribution in [1.82, 2.24) is 10.2 Å². The number of hydrogen-bond donors (Lipinski definition) is 2. The number of aryl methyl sites for hydroxylation is 1. The third kappa shape index (κ3) is 3.55. The Labute approximate surface area is 136 Å². The van der Waals surface area contributed by atoms with Gasteiger partial charge in [0.05, 0.1) is 18.7 Å². The molecular formula is C18H24N2O3. The average Bonchev–Trinajstić information content (AvgIpc) is 3.20. The minimum absolute atomic E-state index is 0.0107. The van der Waals surface area contributed by atoms with Crippen LogP contribution in [-0.4, -0.2) is 41.0 Å². The number of aliphatic hydroxyl groups excluding tert-OH is 1. The monoisotopic (exact) mass is 316 g/mol. The standard InChI is InChI=1S/C18H24N2O3/c21-12-14-5-3-11-20(14)18(23)10-9-17(22)19-16-8-7-13-4-1-2-6-15(13)16/h1-2,4,6,14,16,21H,3,5,7-12H2,(H,19,22)/t14-,16?/m0/s1. The summed E-state index contributed by atoms with van der Waals surface area (Å²) < 4.78 is 0. The zero-order valence-corrected chi connectivity index (χ0v) is 13.3. The summed E-state index contributed by atoms with van der Waals surface area (Å²) in [5, 5.41) is 12.3. The van der Waals surface area contributed by atoms with Gasteiger partial charge in [0, 0.05) is 19.4 Å². The Bertz CT molecular complexity index is 587. The lowest BCUT2D eigenvalue weighted by Crippen LogP contribution is -2.38. The predicted octanol–water partition coefficient (Wildman–Crippen LogP) is 1.55. The number of nitrogens with zero attached hydrogens (tertiary/aromatic N) is 1. The maximum absolute atomic E-state index is 12.2. The van der Waals surface area contributed by atoms with Crippen LogP contribution in [0.2, 0.25) is 0 Å². The first-order chi connectivity index (χ1) is 11.2. The Morgan fingerprint density at radius 3 is 2.87 bits per heavy atom. The Morgan fingerprint density at radius 1 is 1.22 bits per heavy atom. The molecule has 0 radical (unpaired) electrons. The number of likely N-dealkylation sites (tertiary alicyclic amines) is 1. The zero-order chi connectivity index (χ0) is 16.2. The van der Waals surface area contributed by atoms with Crippen molar-refractivity contribution >= 4 is 11.8 Å². The van der Waals surface area contributed by atoms with Gasteiger partial charge in [-0.2, -0.15) is 0 Å². The molecule has 3 rings (SSSR count). The molecule has 1 aromatic rings. The van der Waals surface area contributed by atoms with Crippen molar-refractivity contribution in [3.63, 3.8) is 0 Å². The number of amides is 2. The van der Waals surface area contributed by atoms with Gasteiger partial charge in [0.15, 0.2) is 0 Å². The van der Waals surface area contributed by atoms with E-state index >= 15 is 0 Å². The van der Waals surface area contributed by atoms with Gasteiger partial charge in [0.25, 0.3) is 0 Å². The van der Waals surface area contributed by atoms with E-state index in [4.69, 9.17) is 0 Å². The highest BCUT2D eigenvalue weighted by atomic mass is 16.3. The highest BCUT2D eigenvalue weighted by Crippen LogP contribution is 2.30. The molecule has 1 heterocycles. The molecule has 0 bridgehead atoms. The van der Waals surface area contributed by atoms with E-state index in [9.17, 15) is 14.7 Å². The fourth-order valence-electron chi connectivity index (χ4n) is 3.69. The van der Waals surface area contributed by atoms with Crippen LogP contribution in [0.1, 0.15) is 49.3 Å². The molecule has 2 aliphatic rings. The third-order valence-corrected chi connectivity index (χ3v) is 4.94. The Kier molecular flexibility index (Phi) is 4.96. The van der Waals surface area contributed by atoms with Gasteiger partial charge in [-0.15, -0.1) is 0 Å². The molecule has 2 amide bonds. The smallest absolute Gasteiger partial charge is 0.223 e. The summed E-state index contributed by atoms with van der Waals surface area (Å²) in [6.07, 6.45) is 4.14. The van der Waals surface area contributed by atoms with Crippen molar-refractivity contribution < 1.29 is 14.7 Å². The van der Waals surface area contributed by atoms with E-state index in [-0.39, 0.29) is 43.3 Å². The molecule has 1 aliphatic carbocycles. The van der Waals surface area contributed by atoms with Gasteiger partial charge in [0.1, 0.15) is 0 Å². The average molecular weight is 316 g/mol. The van der Waals surface area contributed by atoms with E-state index < -0.39 is 0 Å². The fourth-order valence-corrected chi connectivity index (χ4v) is 3.69. The molecule has 2 N–H and O–H groups in total. The van der Waals surface area contributed by atoms with Crippen molar-refractivity contribution in [2.24, 2.45) is 0 Å². The van der Waals surface area contributed by atoms with Gasteiger partial charge in [-0.1, -0.05) is 24.3 Å². The number of carbonyl (C=O) groups excluding carboxylic acids is 2. The molecule has 5 nitrogen and oxygen atoms in total. The first kappa shape index (κ1) is 16.0. The maximum atomic E-state index is 12.2. The zero-order valence-electron chi connectivity index (χ0n) is 13.3. The van der Waals surface area contributed by atoms with Crippen molar-refractivity contribution in [2.45, 2.75) is 50.6 Å². The fraction of sp³-hybridized carbons (Fsp3) is 0.556. The van der Waals surface area contributed by atoms with E-state index in [1.54, 1.807) is 4.90 Å². The number of hydrogen-bond acceptors (Lipinski definition) is 3. The minimum atomic E-state index is -0.0696. The summed E-state index contributed by atoms with van der Waals surface area (Å²) >= 11 is 0. The number of fused-ring (bicyclic) bond motifs is 1. The second-order valence-corrected chi connectivity index (χ2v) is 6.42. The lowest BCUT2D eigenvalue weighted by molar-refractivity contribution is -0.135. The van der Waals surface area contributed by atoms with Crippen LogP contribution >= 0.6 is 0 Å². The first-order valence-corrected chi connectivity index (χ1v) is 8.46. The van der Waals surface area contributed by atoms with Gasteiger partial charge >= 0.3 is 0 Å². The molecule has 1 aliphatic heterocycles. The maximum Gasteiger partial charge on any atom is 0.223 e. The van der Waals surface area contributed by atoms with Gasteiger partial charge in [0.2, 0.25) is 11.8 Å². The van der Waals surface area contributed by atoms with E-state index in [0.29, 0.717) is 6.54 Å². The first-order valence-electron chi connectivity index (χ1n) is 8.46. The molecule has 1 fully saturated rings. The molecule has 0 aromatic heterocycles. The van der Waals surface area contributed by atoms with Crippen LogP contribution in [0.25, 0.3) is 0 Å². The van der Waals surface area contributed by atoms with Crippen molar-refractivity contribution in [3.8, 4) is 0 Å². The van der Waals surface area contributed by atoms with Crippen LogP contribution in [0.4, 0.5) is 0 Å². The van der Waals surface area contributed by atoms with Crippen LogP contribution in [0.3, 0.4) is 0 Å². The number of carbonyl (C=O) groups is 2. The van der Waals surface area contributed by atoms with E-state index in [1.807, 2.05) is 12.1 Å². The van der Waals surface area contributed by atoms with E-state index in [1.165, 1.54) is 11.1 Å². The van der Waals surface area contributed by atoms with E-state index in [0.717, 1.165) is 25.7 Å². The molecule has 1 aromatic carbocycles. The van der Waals surface area contributed by atoms with Crippen LogP contribution in [0.15, 0.2) is 24.3 Å². The predicted molar refractivity (Wildman–Crippen MR) is 86.7 cm³/mol. The van der Waals surface area contributed by atoms with Crippen LogP contribution in [0, 0.1) is 0 Å². The molecule has 5 heteroatoms. The Hall–Kier alpha value is -1.88. The van der Waals surface area contributed by atoms with Crippen LogP contribution < -0.4 is 5.32 Å². The summed E-state index contributed by atoms with van der Waals surface area (Å²) in [7, 11) is 0. The van der Waals surface area contributed by atoms with Gasteiger partial charge < -0.3 is 15.3 Å². The topological polar surface area (TPSA) is 69.6 Å². The molecule has 2 atom stereocenters. The lowest BCUT2D eigenvalue weighted by atomic mass is 10.1. The summed E-state index contributed by atoms with van der Waals surface area (Å²) in [5.74, 6) is -0.0941. The molecule has 1 unspecified atom stereocenters. The summed E-state index contributed by atoms with van der Waals surface area (Å²) in [6, 6.07) is 8.20. The largest absolute Gasteiger partial charge is 0.394 e. The molecule has 23 heavy (non-hydrogen) atoms. The quantitative estimate of drug-likeness (QED) is 0.866. The molecular weight excluding hydrogens is 292 g/mol. The van der Waals surface area contributed by atoms with Crippen molar-refractivity contribution in [1.29, 1.82) is 0 Å². The molecule has 124 valence electrons. The Morgan fingerprint density at radius 2 is 2.04 bits per heavy atom. The van der Waals surface area contributed by atoms with Gasteiger partial charge in [-0.05, 0) is 36.8 Å². The van der Waals surface area contributed by atoms with Gasteiger partial charge in [-0.3, -0.25) is 9.59 Å². The van der Waals surface area contributed by atoms with Crippen LogP contribution in [-0.2, 0) is 16.0 Å². The molecule has 0 spiro atoms. The number of aliphatic hydroxyl groups is 1. The normalized spacial score (nSPS) is 22.9. The summed E-state index contributed by atoms with van der Waals surface area (Å²) in [6.45, 7) is 0.707. The number of nitrogens with one attached hydrogen (secondary N) is 1. The minimum Gasteiger partial charge on any atom is -0.394 e. The van der Waals surface area contributed by atoms with Crippen molar-refractivity contribution in [3.05, 3.63) is 35.4 Å². The van der Waals surface area contributed by atoms with Gasteiger partial charge in [-0.25, -0.2) is 0 Å². The summed E-state index contributed by atoms with van der Waals surface area (Å²) in [5.41, 5.74) is 2.50. The highest BCUT2D eigenvalue weighted by Gasteiger charge is 2.28.